The SMILES string of the molecule is Cc1ccc(C2=NN(c3ccc(C)cc3)C(=O)CO2)cc1. The van der Waals surface area contributed by atoms with Gasteiger partial charge >= 0.3 is 0 Å². The van der Waals surface area contributed by atoms with Crippen LogP contribution in [0.15, 0.2) is 53.6 Å². The second kappa shape index (κ2) is 5.40. The third-order valence-electron chi connectivity index (χ3n) is 3.34. The summed E-state index contributed by atoms with van der Waals surface area (Å²) in [6, 6.07) is 15.6. The molecule has 0 N–H and O–H groups in total. The summed E-state index contributed by atoms with van der Waals surface area (Å²) in [5.41, 5.74) is 3.92. The Balaban J connectivity index is 1.96. The van der Waals surface area contributed by atoms with Crippen LogP contribution in [0, 0.1) is 13.8 Å². The van der Waals surface area contributed by atoms with Crippen LogP contribution in [0.25, 0.3) is 0 Å². The van der Waals surface area contributed by atoms with Crippen molar-refractivity contribution in [3.05, 3.63) is 65.2 Å². The molecule has 0 saturated heterocycles. The van der Waals surface area contributed by atoms with E-state index in [1.54, 1.807) is 0 Å². The van der Waals surface area contributed by atoms with Crippen molar-refractivity contribution in [2.45, 2.75) is 13.8 Å². The van der Waals surface area contributed by atoms with E-state index in [4.69, 9.17) is 4.74 Å². The number of ether oxygens (including phenoxy) is 1. The summed E-state index contributed by atoms with van der Waals surface area (Å²) in [6.45, 7) is 4.03. The first kappa shape index (κ1) is 13.4. The van der Waals surface area contributed by atoms with Crippen molar-refractivity contribution in [1.29, 1.82) is 0 Å². The summed E-state index contributed by atoms with van der Waals surface area (Å²) in [5.74, 6) is 0.296. The molecule has 1 aliphatic heterocycles. The Bertz CT molecular complexity index is 688. The van der Waals surface area contributed by atoms with E-state index in [2.05, 4.69) is 5.10 Å². The van der Waals surface area contributed by atoms with Crippen LogP contribution >= 0.6 is 0 Å². The number of carbonyl (C=O) groups excluding carboxylic acids is 1. The number of nitrogens with zero attached hydrogens (tertiary/aromatic N) is 2. The van der Waals surface area contributed by atoms with Gasteiger partial charge in [0, 0.05) is 5.56 Å². The van der Waals surface area contributed by atoms with E-state index in [9.17, 15) is 4.79 Å². The first-order chi connectivity index (χ1) is 10.1. The zero-order valence-corrected chi connectivity index (χ0v) is 12.0. The van der Waals surface area contributed by atoms with E-state index in [0.717, 1.165) is 16.8 Å². The molecule has 1 heterocycles. The zero-order valence-electron chi connectivity index (χ0n) is 12.0. The summed E-state index contributed by atoms with van der Waals surface area (Å²) in [6.07, 6.45) is 0. The van der Waals surface area contributed by atoms with Gasteiger partial charge in [-0.1, -0.05) is 35.4 Å². The average molecular weight is 280 g/mol. The topological polar surface area (TPSA) is 41.9 Å². The second-order valence-corrected chi connectivity index (χ2v) is 5.10. The number of hydrogen-bond donors (Lipinski definition) is 0. The molecule has 0 bridgehead atoms. The Kier molecular flexibility index (Phi) is 3.44. The van der Waals surface area contributed by atoms with Gasteiger partial charge in [-0.25, -0.2) is 0 Å². The number of hydrogen-bond acceptors (Lipinski definition) is 3. The Hall–Kier alpha value is -2.62. The standard InChI is InChI=1S/C17H16N2O2/c1-12-3-7-14(8-4-12)17-18-19(16(20)11-21-17)15-9-5-13(2)6-10-15/h3-10H,11H2,1-2H3. The number of aryl methyl sites for hydroxylation is 2. The highest BCUT2D eigenvalue weighted by Gasteiger charge is 2.23. The van der Waals surface area contributed by atoms with E-state index in [0.29, 0.717) is 5.90 Å². The molecule has 0 fully saturated rings. The lowest BCUT2D eigenvalue weighted by molar-refractivity contribution is -0.121. The Morgan fingerprint density at radius 3 is 2.14 bits per heavy atom. The molecule has 2 aromatic carbocycles. The summed E-state index contributed by atoms with van der Waals surface area (Å²) in [7, 11) is 0. The van der Waals surface area contributed by atoms with Gasteiger partial charge in [0.1, 0.15) is 0 Å². The third kappa shape index (κ3) is 2.79. The van der Waals surface area contributed by atoms with Crippen molar-refractivity contribution in [3.63, 3.8) is 0 Å². The molecule has 0 unspecified atom stereocenters. The van der Waals surface area contributed by atoms with Gasteiger partial charge in [-0.05, 0) is 38.1 Å². The normalized spacial score (nSPS) is 14.7. The van der Waals surface area contributed by atoms with Crippen LogP contribution in [0.2, 0.25) is 0 Å². The number of carbonyl (C=O) groups is 1. The molecule has 0 spiro atoms. The minimum Gasteiger partial charge on any atom is -0.466 e. The van der Waals surface area contributed by atoms with Crippen molar-refractivity contribution in [2.24, 2.45) is 5.10 Å². The lowest BCUT2D eigenvalue weighted by atomic mass is 10.1. The predicted octanol–water partition coefficient (Wildman–Crippen LogP) is 3.03. The van der Waals surface area contributed by atoms with Crippen LogP contribution in [0.4, 0.5) is 5.69 Å². The highest BCUT2D eigenvalue weighted by atomic mass is 16.5. The van der Waals surface area contributed by atoms with Gasteiger partial charge in [-0.2, -0.15) is 5.01 Å². The minimum absolute atomic E-state index is 0.000582. The molecule has 106 valence electrons. The Morgan fingerprint density at radius 2 is 1.52 bits per heavy atom. The van der Waals surface area contributed by atoms with Gasteiger partial charge in [0.05, 0.1) is 5.69 Å². The fourth-order valence-corrected chi connectivity index (χ4v) is 2.09. The van der Waals surface area contributed by atoms with Crippen LogP contribution < -0.4 is 5.01 Å². The maximum Gasteiger partial charge on any atom is 0.285 e. The maximum atomic E-state index is 12.0. The molecule has 3 rings (SSSR count). The molecule has 0 aliphatic carbocycles. The number of benzene rings is 2. The third-order valence-corrected chi connectivity index (χ3v) is 3.34. The first-order valence-corrected chi connectivity index (χ1v) is 6.81. The zero-order chi connectivity index (χ0) is 14.8. The van der Waals surface area contributed by atoms with E-state index >= 15 is 0 Å². The monoisotopic (exact) mass is 280 g/mol. The molecule has 21 heavy (non-hydrogen) atoms. The van der Waals surface area contributed by atoms with Gasteiger partial charge in [0.15, 0.2) is 6.61 Å². The molecule has 2 aromatic rings. The number of rotatable bonds is 2. The smallest absolute Gasteiger partial charge is 0.285 e. The average Bonchev–Trinajstić information content (AvgIpc) is 2.50. The highest BCUT2D eigenvalue weighted by molar-refractivity contribution is 6.04. The lowest BCUT2D eigenvalue weighted by Crippen LogP contribution is -2.36. The minimum atomic E-state index is -0.172. The number of anilines is 1. The molecule has 0 radical (unpaired) electrons. The highest BCUT2D eigenvalue weighted by Crippen LogP contribution is 2.20. The molecule has 1 amide bonds. The first-order valence-electron chi connectivity index (χ1n) is 6.81. The van der Waals surface area contributed by atoms with Crippen molar-refractivity contribution in [1.82, 2.24) is 0 Å². The number of amides is 1. The van der Waals surface area contributed by atoms with Gasteiger partial charge < -0.3 is 4.74 Å². The molecule has 0 aromatic heterocycles. The predicted molar refractivity (Wildman–Crippen MR) is 82.3 cm³/mol. The Morgan fingerprint density at radius 1 is 0.952 bits per heavy atom. The van der Waals surface area contributed by atoms with E-state index < -0.39 is 0 Å². The lowest BCUT2D eigenvalue weighted by Gasteiger charge is -2.24. The van der Waals surface area contributed by atoms with Crippen LogP contribution in [-0.4, -0.2) is 18.4 Å². The molecule has 4 nitrogen and oxygen atoms in total. The fraction of sp³-hybridized carbons (Fsp3) is 0.176. The second-order valence-electron chi connectivity index (χ2n) is 5.10. The van der Waals surface area contributed by atoms with Gasteiger partial charge in [-0.15, -0.1) is 5.10 Å². The van der Waals surface area contributed by atoms with Crippen LogP contribution in [-0.2, 0) is 9.53 Å². The molecule has 1 aliphatic rings. The van der Waals surface area contributed by atoms with Crippen molar-refractivity contribution in [2.75, 3.05) is 11.6 Å². The molecule has 4 heteroatoms. The largest absolute Gasteiger partial charge is 0.466 e. The van der Waals surface area contributed by atoms with E-state index in [1.807, 2.05) is 62.4 Å². The summed E-state index contributed by atoms with van der Waals surface area (Å²) in [5, 5.41) is 5.74. The van der Waals surface area contributed by atoms with Crippen molar-refractivity contribution >= 4 is 17.5 Å². The molecular weight excluding hydrogens is 264 g/mol. The Labute approximate surface area is 123 Å². The van der Waals surface area contributed by atoms with Crippen LogP contribution in [0.5, 0.6) is 0 Å². The van der Waals surface area contributed by atoms with Crippen molar-refractivity contribution < 1.29 is 9.53 Å². The summed E-state index contributed by atoms with van der Waals surface area (Å²) in [4.78, 5) is 12.0. The van der Waals surface area contributed by atoms with Crippen LogP contribution in [0.1, 0.15) is 16.7 Å². The van der Waals surface area contributed by atoms with Gasteiger partial charge in [-0.3, -0.25) is 4.79 Å². The van der Waals surface area contributed by atoms with E-state index in [-0.39, 0.29) is 12.5 Å². The van der Waals surface area contributed by atoms with Gasteiger partial charge in [0.2, 0.25) is 5.90 Å². The van der Waals surface area contributed by atoms with Crippen LogP contribution in [0.3, 0.4) is 0 Å². The molecule has 0 atom stereocenters. The maximum absolute atomic E-state index is 12.0. The molecule has 0 saturated carbocycles. The van der Waals surface area contributed by atoms with Gasteiger partial charge in [0.25, 0.3) is 5.91 Å². The van der Waals surface area contributed by atoms with E-state index in [1.165, 1.54) is 10.6 Å². The fourth-order valence-electron chi connectivity index (χ4n) is 2.09. The molecular formula is C17H16N2O2. The number of hydrazone groups is 1. The summed E-state index contributed by atoms with van der Waals surface area (Å²) < 4.78 is 5.45. The van der Waals surface area contributed by atoms with Crippen molar-refractivity contribution in [3.8, 4) is 0 Å². The summed E-state index contributed by atoms with van der Waals surface area (Å²) >= 11 is 0. The quantitative estimate of drug-likeness (QED) is 0.848.